The number of aryl methyl sites for hydroxylation is 1. The molecule has 1 fully saturated rings. The molecule has 4 nitrogen and oxygen atoms in total. The van der Waals surface area contributed by atoms with Crippen LogP contribution in [0.15, 0.2) is 24.3 Å². The molecule has 0 aliphatic carbocycles. The Kier molecular flexibility index (Phi) is 3.98. The first-order valence-corrected chi connectivity index (χ1v) is 5.93. The highest BCUT2D eigenvalue weighted by Gasteiger charge is 2.16. The molecule has 92 valence electrons. The summed E-state index contributed by atoms with van der Waals surface area (Å²) in [5, 5.41) is 6.14. The molecule has 0 bridgehead atoms. The van der Waals surface area contributed by atoms with Crippen molar-refractivity contribution in [3.63, 3.8) is 0 Å². The highest BCUT2D eigenvalue weighted by Crippen LogP contribution is 2.11. The molecule has 4 heteroatoms. The minimum atomic E-state index is -0.0554. The Hall–Kier alpha value is -1.55. The number of hydrogen-bond acceptors (Lipinski definition) is 3. The standard InChI is InChI=1S/C13H18N2O2/c1-10-3-2-4-12(7-10)17-9-13(16)15-11-5-6-14-8-11/h2-4,7,11,14H,5-6,8-9H2,1H3,(H,15,16). The van der Waals surface area contributed by atoms with Crippen molar-refractivity contribution in [2.24, 2.45) is 0 Å². The molecule has 0 saturated carbocycles. The molecule has 0 spiro atoms. The van der Waals surface area contributed by atoms with Gasteiger partial charge in [0.15, 0.2) is 6.61 Å². The highest BCUT2D eigenvalue weighted by molar-refractivity contribution is 5.77. The fourth-order valence-electron chi connectivity index (χ4n) is 1.90. The van der Waals surface area contributed by atoms with Gasteiger partial charge in [0.05, 0.1) is 0 Å². The minimum Gasteiger partial charge on any atom is -0.484 e. The topological polar surface area (TPSA) is 50.4 Å². The van der Waals surface area contributed by atoms with Crippen molar-refractivity contribution in [1.82, 2.24) is 10.6 Å². The van der Waals surface area contributed by atoms with Crippen LogP contribution in [0.4, 0.5) is 0 Å². The minimum absolute atomic E-state index is 0.0554. The van der Waals surface area contributed by atoms with Gasteiger partial charge in [-0.2, -0.15) is 0 Å². The van der Waals surface area contributed by atoms with E-state index in [1.165, 1.54) is 0 Å². The predicted molar refractivity (Wildman–Crippen MR) is 66.1 cm³/mol. The zero-order valence-corrected chi connectivity index (χ0v) is 10.0. The summed E-state index contributed by atoms with van der Waals surface area (Å²) < 4.78 is 5.43. The van der Waals surface area contributed by atoms with Gasteiger partial charge in [-0.1, -0.05) is 12.1 Å². The Labute approximate surface area is 101 Å². The normalized spacial score (nSPS) is 19.0. The molecule has 17 heavy (non-hydrogen) atoms. The number of hydrogen-bond donors (Lipinski definition) is 2. The fourth-order valence-corrected chi connectivity index (χ4v) is 1.90. The van der Waals surface area contributed by atoms with E-state index in [1.807, 2.05) is 31.2 Å². The van der Waals surface area contributed by atoms with Gasteiger partial charge in [-0.15, -0.1) is 0 Å². The number of carbonyl (C=O) groups is 1. The van der Waals surface area contributed by atoms with Gasteiger partial charge in [0.25, 0.3) is 5.91 Å². The number of nitrogens with one attached hydrogen (secondary N) is 2. The van der Waals surface area contributed by atoms with Crippen molar-refractivity contribution >= 4 is 5.91 Å². The first-order chi connectivity index (χ1) is 8.24. The molecule has 2 N–H and O–H groups in total. The Bertz CT molecular complexity index is 387. The first-order valence-electron chi connectivity index (χ1n) is 5.93. The van der Waals surface area contributed by atoms with Gasteiger partial charge < -0.3 is 15.4 Å². The number of ether oxygens (including phenoxy) is 1. The molecule has 0 radical (unpaired) electrons. The lowest BCUT2D eigenvalue weighted by atomic mass is 10.2. The van der Waals surface area contributed by atoms with Gasteiger partial charge in [0, 0.05) is 12.6 Å². The van der Waals surface area contributed by atoms with Crippen LogP contribution in [-0.2, 0) is 4.79 Å². The van der Waals surface area contributed by atoms with E-state index >= 15 is 0 Å². The third-order valence-electron chi connectivity index (χ3n) is 2.78. The van der Waals surface area contributed by atoms with Crippen LogP contribution in [0.25, 0.3) is 0 Å². The third kappa shape index (κ3) is 3.75. The van der Waals surface area contributed by atoms with Crippen molar-refractivity contribution in [1.29, 1.82) is 0 Å². The van der Waals surface area contributed by atoms with Crippen molar-refractivity contribution in [3.8, 4) is 5.75 Å². The molecular formula is C13H18N2O2. The van der Waals surface area contributed by atoms with E-state index in [0.29, 0.717) is 0 Å². The molecule has 1 unspecified atom stereocenters. The quantitative estimate of drug-likeness (QED) is 0.812. The van der Waals surface area contributed by atoms with E-state index in [9.17, 15) is 4.79 Å². The highest BCUT2D eigenvalue weighted by atomic mass is 16.5. The van der Waals surface area contributed by atoms with E-state index in [2.05, 4.69) is 10.6 Å². The van der Waals surface area contributed by atoms with Gasteiger partial charge in [0.2, 0.25) is 0 Å². The maximum atomic E-state index is 11.6. The lowest BCUT2D eigenvalue weighted by molar-refractivity contribution is -0.123. The van der Waals surface area contributed by atoms with Gasteiger partial charge in [-0.25, -0.2) is 0 Å². The second kappa shape index (κ2) is 5.68. The van der Waals surface area contributed by atoms with Crippen LogP contribution in [0.2, 0.25) is 0 Å². The zero-order valence-electron chi connectivity index (χ0n) is 10.0. The van der Waals surface area contributed by atoms with Crippen LogP contribution in [0.1, 0.15) is 12.0 Å². The van der Waals surface area contributed by atoms with Gasteiger partial charge >= 0.3 is 0 Å². The number of amides is 1. The molecule has 1 heterocycles. The Morgan fingerprint density at radius 3 is 3.18 bits per heavy atom. The van der Waals surface area contributed by atoms with Crippen LogP contribution >= 0.6 is 0 Å². The van der Waals surface area contributed by atoms with Crippen molar-refractivity contribution in [2.45, 2.75) is 19.4 Å². The van der Waals surface area contributed by atoms with Crippen molar-refractivity contribution < 1.29 is 9.53 Å². The predicted octanol–water partition coefficient (Wildman–Crippen LogP) is 0.852. The molecule has 1 aliphatic heterocycles. The molecule has 1 aromatic carbocycles. The van der Waals surface area contributed by atoms with E-state index in [4.69, 9.17) is 4.74 Å². The maximum Gasteiger partial charge on any atom is 0.258 e. The lowest BCUT2D eigenvalue weighted by Gasteiger charge is -2.12. The smallest absolute Gasteiger partial charge is 0.258 e. The average Bonchev–Trinajstić information content (AvgIpc) is 2.79. The number of rotatable bonds is 4. The SMILES string of the molecule is Cc1cccc(OCC(=O)NC2CCNC2)c1. The van der Waals surface area contributed by atoms with E-state index in [0.717, 1.165) is 30.8 Å². The van der Waals surface area contributed by atoms with Gasteiger partial charge in [-0.05, 0) is 37.6 Å². The lowest BCUT2D eigenvalue weighted by Crippen LogP contribution is -2.39. The molecule has 1 aromatic rings. The second-order valence-electron chi connectivity index (χ2n) is 4.36. The van der Waals surface area contributed by atoms with E-state index in [-0.39, 0.29) is 18.6 Å². The van der Waals surface area contributed by atoms with Crippen LogP contribution in [0.3, 0.4) is 0 Å². The summed E-state index contributed by atoms with van der Waals surface area (Å²) in [4.78, 5) is 11.6. The average molecular weight is 234 g/mol. The van der Waals surface area contributed by atoms with Gasteiger partial charge in [0.1, 0.15) is 5.75 Å². The van der Waals surface area contributed by atoms with Crippen LogP contribution in [-0.4, -0.2) is 31.6 Å². The maximum absolute atomic E-state index is 11.6. The van der Waals surface area contributed by atoms with E-state index in [1.54, 1.807) is 0 Å². The van der Waals surface area contributed by atoms with E-state index < -0.39 is 0 Å². The monoisotopic (exact) mass is 234 g/mol. The third-order valence-corrected chi connectivity index (χ3v) is 2.78. The Morgan fingerprint density at radius 1 is 1.59 bits per heavy atom. The fraction of sp³-hybridized carbons (Fsp3) is 0.462. The second-order valence-corrected chi connectivity index (χ2v) is 4.36. The summed E-state index contributed by atoms with van der Waals surface area (Å²) in [5.41, 5.74) is 1.13. The molecule has 1 amide bonds. The number of benzene rings is 1. The Balaban J connectivity index is 1.75. The molecule has 1 aliphatic rings. The summed E-state index contributed by atoms with van der Waals surface area (Å²) in [6, 6.07) is 7.95. The number of carbonyl (C=O) groups excluding carboxylic acids is 1. The van der Waals surface area contributed by atoms with Gasteiger partial charge in [-0.3, -0.25) is 4.79 Å². The van der Waals surface area contributed by atoms with Crippen molar-refractivity contribution in [3.05, 3.63) is 29.8 Å². The molecule has 0 aromatic heterocycles. The summed E-state index contributed by atoms with van der Waals surface area (Å²) >= 11 is 0. The van der Waals surface area contributed by atoms with Crippen molar-refractivity contribution in [2.75, 3.05) is 19.7 Å². The summed E-state index contributed by atoms with van der Waals surface area (Å²) in [5.74, 6) is 0.685. The summed E-state index contributed by atoms with van der Waals surface area (Å²) in [7, 11) is 0. The molecule has 2 rings (SSSR count). The van der Waals surface area contributed by atoms with Crippen LogP contribution in [0, 0.1) is 6.92 Å². The van der Waals surface area contributed by atoms with Crippen LogP contribution < -0.4 is 15.4 Å². The first kappa shape index (κ1) is 11.9. The summed E-state index contributed by atoms with van der Waals surface area (Å²) in [6.45, 7) is 3.91. The molecule has 1 saturated heterocycles. The molecule has 1 atom stereocenters. The Morgan fingerprint density at radius 2 is 2.47 bits per heavy atom. The van der Waals surface area contributed by atoms with Crippen LogP contribution in [0.5, 0.6) is 5.75 Å². The zero-order chi connectivity index (χ0) is 12.1. The summed E-state index contributed by atoms with van der Waals surface area (Å²) in [6.07, 6.45) is 0.996. The molecular weight excluding hydrogens is 216 g/mol. The largest absolute Gasteiger partial charge is 0.484 e.